The fraction of sp³-hybridized carbons (Fsp3) is 0.714. The molecule has 4 rings (SSSR count). The van der Waals surface area contributed by atoms with Crippen molar-refractivity contribution in [3.8, 4) is 0 Å². The highest BCUT2D eigenvalue weighted by atomic mass is 15.3. The summed E-state index contributed by atoms with van der Waals surface area (Å²) >= 11 is 0. The molecule has 2 aliphatic rings. The lowest BCUT2D eigenvalue weighted by molar-refractivity contribution is 0.00264. The van der Waals surface area contributed by atoms with Crippen molar-refractivity contribution < 1.29 is 0 Å². The monoisotopic (exact) mass is 370 g/mol. The van der Waals surface area contributed by atoms with E-state index in [4.69, 9.17) is 4.98 Å². The van der Waals surface area contributed by atoms with Crippen molar-refractivity contribution >= 4 is 0 Å². The van der Waals surface area contributed by atoms with E-state index in [-0.39, 0.29) is 5.54 Å². The van der Waals surface area contributed by atoms with E-state index in [1.165, 1.54) is 49.2 Å². The van der Waals surface area contributed by atoms with E-state index in [1.54, 1.807) is 0 Å². The molecule has 0 unspecified atom stereocenters. The van der Waals surface area contributed by atoms with Crippen molar-refractivity contribution in [2.45, 2.75) is 71.0 Å². The van der Waals surface area contributed by atoms with Gasteiger partial charge in [-0.25, -0.2) is 4.98 Å². The van der Waals surface area contributed by atoms with E-state index in [2.05, 4.69) is 51.5 Å². The number of rotatable bonds is 6. The Morgan fingerprint density at radius 2 is 2.04 bits per heavy atom. The van der Waals surface area contributed by atoms with Crippen LogP contribution in [-0.2, 0) is 18.5 Å². The molecule has 4 heterocycles. The molecule has 0 radical (unpaired) electrons. The number of aromatic nitrogens is 4. The highest BCUT2D eigenvalue weighted by Crippen LogP contribution is 2.42. The number of hydrogen-bond acceptors (Lipinski definition) is 4. The molecular weight excluding hydrogens is 336 g/mol. The highest BCUT2D eigenvalue weighted by Gasteiger charge is 2.46. The molecule has 2 aliphatic heterocycles. The predicted molar refractivity (Wildman–Crippen MR) is 108 cm³/mol. The first-order valence-corrected chi connectivity index (χ1v) is 10.7. The summed E-state index contributed by atoms with van der Waals surface area (Å²) in [5, 5.41) is 4.50. The van der Waals surface area contributed by atoms with E-state index in [1.807, 2.05) is 12.5 Å². The third kappa shape index (κ3) is 3.57. The van der Waals surface area contributed by atoms with Crippen molar-refractivity contribution in [2.75, 3.05) is 26.2 Å². The first kappa shape index (κ1) is 18.7. The Labute approximate surface area is 163 Å². The lowest BCUT2D eigenvalue weighted by Crippen LogP contribution is -2.56. The quantitative estimate of drug-likeness (QED) is 0.847. The summed E-state index contributed by atoms with van der Waals surface area (Å²) in [6, 6.07) is 0.427. The second kappa shape index (κ2) is 7.76. The summed E-state index contributed by atoms with van der Waals surface area (Å²) < 4.78 is 2.06. The van der Waals surface area contributed by atoms with Crippen LogP contribution in [0.1, 0.15) is 69.4 Å². The van der Waals surface area contributed by atoms with Gasteiger partial charge in [0, 0.05) is 56.1 Å². The van der Waals surface area contributed by atoms with Crippen molar-refractivity contribution in [3.05, 3.63) is 35.7 Å². The van der Waals surface area contributed by atoms with Gasteiger partial charge in [-0.05, 0) is 39.7 Å². The first-order valence-electron chi connectivity index (χ1n) is 10.7. The van der Waals surface area contributed by atoms with E-state index in [0.29, 0.717) is 6.04 Å². The smallest absolute Gasteiger partial charge is 0.0926 e. The molecule has 6 nitrogen and oxygen atoms in total. The van der Waals surface area contributed by atoms with Gasteiger partial charge in [0.2, 0.25) is 0 Å². The molecule has 0 atom stereocenters. The van der Waals surface area contributed by atoms with Gasteiger partial charge in [0.25, 0.3) is 0 Å². The third-order valence-electron chi connectivity index (χ3n) is 6.45. The average Bonchev–Trinajstić information content (AvgIpc) is 3.33. The predicted octanol–water partition coefficient (Wildman–Crippen LogP) is 3.34. The minimum absolute atomic E-state index is 0.140. The minimum atomic E-state index is 0.140. The van der Waals surface area contributed by atoms with Crippen LogP contribution in [-0.4, -0.2) is 55.7 Å². The maximum atomic E-state index is 4.79. The molecule has 2 aromatic rings. The molecular formula is C21H34N6. The van der Waals surface area contributed by atoms with Crippen LogP contribution < -0.4 is 0 Å². The Bertz CT molecular complexity index is 737. The van der Waals surface area contributed by atoms with Crippen molar-refractivity contribution in [1.29, 1.82) is 0 Å². The van der Waals surface area contributed by atoms with E-state index in [9.17, 15) is 0 Å². The number of nitrogens with zero attached hydrogens (tertiary/aromatic N) is 5. The Morgan fingerprint density at radius 3 is 2.74 bits per heavy atom. The number of unbranched alkanes of at least 4 members (excludes halogenated alkanes) is 1. The molecule has 1 spiro atoms. The van der Waals surface area contributed by atoms with Crippen LogP contribution >= 0.6 is 0 Å². The summed E-state index contributed by atoms with van der Waals surface area (Å²) in [6.45, 7) is 12.3. The van der Waals surface area contributed by atoms with E-state index in [0.717, 1.165) is 32.6 Å². The zero-order chi connectivity index (χ0) is 18.9. The number of imidazole rings is 1. The van der Waals surface area contributed by atoms with Crippen molar-refractivity contribution in [1.82, 2.24) is 29.5 Å². The topological polar surface area (TPSA) is 53.0 Å². The SMILES string of the molecule is CCCCN1CCc2[nH]cnc2C12CCN(Cc1cnn(C(C)C)c1)CC2. The van der Waals surface area contributed by atoms with Crippen LogP contribution in [0.25, 0.3) is 0 Å². The molecule has 1 fully saturated rings. The first-order chi connectivity index (χ1) is 13.1. The van der Waals surface area contributed by atoms with Crippen molar-refractivity contribution in [3.63, 3.8) is 0 Å². The van der Waals surface area contributed by atoms with Gasteiger partial charge in [0.1, 0.15) is 0 Å². The van der Waals surface area contributed by atoms with Gasteiger partial charge in [-0.2, -0.15) is 5.10 Å². The molecule has 148 valence electrons. The van der Waals surface area contributed by atoms with Gasteiger partial charge in [0.05, 0.1) is 23.8 Å². The van der Waals surface area contributed by atoms with Gasteiger partial charge in [-0.3, -0.25) is 14.5 Å². The lowest BCUT2D eigenvalue weighted by atomic mass is 9.78. The molecule has 0 saturated carbocycles. The van der Waals surface area contributed by atoms with Gasteiger partial charge in [-0.1, -0.05) is 13.3 Å². The molecule has 0 amide bonds. The van der Waals surface area contributed by atoms with Gasteiger partial charge in [0.15, 0.2) is 0 Å². The number of likely N-dealkylation sites (tertiary alicyclic amines) is 1. The Morgan fingerprint density at radius 1 is 1.22 bits per heavy atom. The average molecular weight is 371 g/mol. The molecule has 0 bridgehead atoms. The lowest BCUT2D eigenvalue weighted by Gasteiger charge is -2.50. The largest absolute Gasteiger partial charge is 0.348 e. The number of hydrogen-bond donors (Lipinski definition) is 1. The van der Waals surface area contributed by atoms with Crippen LogP contribution in [0.2, 0.25) is 0 Å². The highest BCUT2D eigenvalue weighted by molar-refractivity contribution is 5.27. The van der Waals surface area contributed by atoms with Crippen LogP contribution in [0.15, 0.2) is 18.7 Å². The Balaban J connectivity index is 1.46. The summed E-state index contributed by atoms with van der Waals surface area (Å²) in [5.74, 6) is 0. The molecule has 0 aliphatic carbocycles. The second-order valence-electron chi connectivity index (χ2n) is 8.55. The fourth-order valence-electron chi connectivity index (χ4n) is 4.83. The summed E-state index contributed by atoms with van der Waals surface area (Å²) in [4.78, 5) is 13.5. The summed E-state index contributed by atoms with van der Waals surface area (Å²) in [5.41, 5.74) is 4.17. The standard InChI is InChI=1S/C21H34N6/c1-4-5-9-26-10-6-19-20(23-16-22-19)21(26)7-11-25(12-8-21)14-18-13-24-27(15-18)17(2)3/h13,15-17H,4-12,14H2,1-3H3,(H,22,23). The van der Waals surface area contributed by atoms with E-state index >= 15 is 0 Å². The number of piperidine rings is 1. The van der Waals surface area contributed by atoms with Gasteiger partial charge < -0.3 is 4.98 Å². The van der Waals surface area contributed by atoms with Crippen LogP contribution in [0.4, 0.5) is 0 Å². The molecule has 6 heteroatoms. The minimum Gasteiger partial charge on any atom is -0.348 e. The zero-order valence-corrected chi connectivity index (χ0v) is 17.1. The third-order valence-corrected chi connectivity index (χ3v) is 6.45. The molecule has 0 aromatic carbocycles. The van der Waals surface area contributed by atoms with Gasteiger partial charge in [-0.15, -0.1) is 0 Å². The molecule has 1 N–H and O–H groups in total. The summed E-state index contributed by atoms with van der Waals surface area (Å²) in [7, 11) is 0. The number of H-pyrrole nitrogens is 1. The number of aromatic amines is 1. The molecule has 27 heavy (non-hydrogen) atoms. The van der Waals surface area contributed by atoms with Gasteiger partial charge >= 0.3 is 0 Å². The normalized spacial score (nSPS) is 20.4. The maximum Gasteiger partial charge on any atom is 0.0926 e. The van der Waals surface area contributed by atoms with Crippen LogP contribution in [0.5, 0.6) is 0 Å². The number of nitrogens with one attached hydrogen (secondary N) is 1. The zero-order valence-electron chi connectivity index (χ0n) is 17.1. The molecule has 2 aromatic heterocycles. The second-order valence-corrected chi connectivity index (χ2v) is 8.55. The molecule has 1 saturated heterocycles. The maximum absolute atomic E-state index is 4.79. The summed E-state index contributed by atoms with van der Waals surface area (Å²) in [6.07, 6.45) is 12.1. The van der Waals surface area contributed by atoms with Crippen LogP contribution in [0, 0.1) is 0 Å². The number of fused-ring (bicyclic) bond motifs is 2. The Kier molecular flexibility index (Phi) is 5.37. The Hall–Kier alpha value is -1.66. The fourth-order valence-corrected chi connectivity index (χ4v) is 4.83. The van der Waals surface area contributed by atoms with Crippen LogP contribution in [0.3, 0.4) is 0 Å². The van der Waals surface area contributed by atoms with E-state index < -0.39 is 0 Å². The van der Waals surface area contributed by atoms with Crippen molar-refractivity contribution in [2.24, 2.45) is 0 Å².